The van der Waals surface area contributed by atoms with Crippen molar-refractivity contribution in [1.82, 2.24) is 20.1 Å². The van der Waals surface area contributed by atoms with Crippen LogP contribution in [0.15, 0.2) is 60.8 Å². The topological polar surface area (TPSA) is 76.9 Å². The molecule has 27 heavy (non-hydrogen) atoms. The molecule has 6 nitrogen and oxygen atoms in total. The number of carbonyl (C=O) groups is 2. The largest absolute Gasteiger partial charge is 0.340 e. The van der Waals surface area contributed by atoms with Gasteiger partial charge >= 0.3 is 0 Å². The summed E-state index contributed by atoms with van der Waals surface area (Å²) in [5.74, 6) is -0.705. The van der Waals surface area contributed by atoms with Crippen molar-refractivity contribution in [1.29, 1.82) is 0 Å². The summed E-state index contributed by atoms with van der Waals surface area (Å²) in [6.07, 6.45) is 1.81. The fraction of sp³-hybridized carbons (Fsp3) is 0.200. The molecule has 0 saturated carbocycles. The van der Waals surface area contributed by atoms with E-state index >= 15 is 0 Å². The first-order chi connectivity index (χ1) is 13.1. The number of hydrogen-bond donors (Lipinski definition) is 1. The van der Waals surface area contributed by atoms with E-state index in [9.17, 15) is 14.0 Å². The number of aryl methyl sites for hydroxylation is 1. The molecule has 3 rings (SSSR count). The predicted molar refractivity (Wildman–Crippen MR) is 98.5 cm³/mol. The van der Waals surface area contributed by atoms with Crippen LogP contribution < -0.4 is 5.32 Å². The van der Waals surface area contributed by atoms with E-state index in [4.69, 9.17) is 0 Å². The van der Waals surface area contributed by atoms with Gasteiger partial charge in [0.25, 0.3) is 5.91 Å². The first-order valence-corrected chi connectivity index (χ1v) is 8.50. The lowest BCUT2D eigenvalue weighted by Gasteiger charge is -2.17. The Morgan fingerprint density at radius 3 is 2.56 bits per heavy atom. The number of aromatic nitrogens is 3. The molecule has 0 aliphatic carbocycles. The van der Waals surface area contributed by atoms with Crippen LogP contribution in [0.5, 0.6) is 0 Å². The molecule has 2 aromatic heterocycles. The van der Waals surface area contributed by atoms with Gasteiger partial charge in [-0.3, -0.25) is 9.59 Å². The fourth-order valence-corrected chi connectivity index (χ4v) is 2.74. The smallest absolute Gasteiger partial charge is 0.270 e. The third-order valence-corrected chi connectivity index (χ3v) is 4.04. The van der Waals surface area contributed by atoms with Gasteiger partial charge in [0.15, 0.2) is 11.6 Å². The molecule has 1 amide bonds. The third kappa shape index (κ3) is 4.44. The van der Waals surface area contributed by atoms with Crippen LogP contribution in [0.3, 0.4) is 0 Å². The molecule has 0 aliphatic heterocycles. The van der Waals surface area contributed by atoms with Gasteiger partial charge < -0.3 is 5.32 Å². The normalized spacial score (nSPS) is 11.8. The van der Waals surface area contributed by atoms with Crippen molar-refractivity contribution in [2.75, 3.05) is 6.67 Å². The highest BCUT2D eigenvalue weighted by atomic mass is 19.1. The van der Waals surface area contributed by atoms with Crippen LogP contribution in [-0.4, -0.2) is 39.2 Å². The van der Waals surface area contributed by atoms with E-state index in [0.717, 1.165) is 5.56 Å². The Kier molecular flexibility index (Phi) is 5.71. The molecule has 0 aliphatic rings. The van der Waals surface area contributed by atoms with Gasteiger partial charge in [-0.25, -0.2) is 14.1 Å². The third-order valence-electron chi connectivity index (χ3n) is 4.04. The van der Waals surface area contributed by atoms with E-state index in [-0.39, 0.29) is 12.1 Å². The van der Waals surface area contributed by atoms with Crippen molar-refractivity contribution in [3.63, 3.8) is 0 Å². The zero-order valence-corrected chi connectivity index (χ0v) is 14.8. The standard InChI is InChI=1S/C20H19FN4O2/c1-14-11-17(25(24-14)19-9-5-6-10-22-19)20(27)23-16(18(26)13-21)12-15-7-3-2-4-8-15/h2-11,16H,12-13H2,1H3,(H,23,27). The fourth-order valence-electron chi connectivity index (χ4n) is 2.74. The minimum Gasteiger partial charge on any atom is -0.340 e. The van der Waals surface area contributed by atoms with Gasteiger partial charge in [-0.1, -0.05) is 36.4 Å². The molecule has 1 atom stereocenters. The number of carbonyl (C=O) groups excluding carboxylic acids is 2. The van der Waals surface area contributed by atoms with Gasteiger partial charge in [-0.05, 0) is 37.1 Å². The number of pyridine rings is 1. The van der Waals surface area contributed by atoms with Crippen LogP contribution in [0, 0.1) is 6.92 Å². The van der Waals surface area contributed by atoms with E-state index in [2.05, 4.69) is 15.4 Å². The average molecular weight is 366 g/mol. The molecule has 138 valence electrons. The number of alkyl halides is 1. The Labute approximate surface area is 156 Å². The highest BCUT2D eigenvalue weighted by Gasteiger charge is 2.24. The molecule has 0 bridgehead atoms. The van der Waals surface area contributed by atoms with E-state index in [1.54, 1.807) is 37.4 Å². The van der Waals surface area contributed by atoms with Crippen LogP contribution in [0.4, 0.5) is 4.39 Å². The van der Waals surface area contributed by atoms with Crippen LogP contribution in [0.25, 0.3) is 5.82 Å². The summed E-state index contributed by atoms with van der Waals surface area (Å²) in [4.78, 5) is 29.0. The van der Waals surface area contributed by atoms with E-state index in [1.165, 1.54) is 4.68 Å². The van der Waals surface area contributed by atoms with Gasteiger partial charge in [0.05, 0.1) is 11.7 Å². The first kappa shape index (κ1) is 18.4. The number of benzene rings is 1. The molecule has 0 spiro atoms. The van der Waals surface area contributed by atoms with Crippen LogP contribution in [0.1, 0.15) is 21.7 Å². The number of amides is 1. The maximum Gasteiger partial charge on any atom is 0.270 e. The Balaban J connectivity index is 1.85. The molecule has 3 aromatic rings. The lowest BCUT2D eigenvalue weighted by molar-refractivity contribution is -0.121. The number of nitrogens with one attached hydrogen (secondary N) is 1. The Hall–Kier alpha value is -3.35. The maximum absolute atomic E-state index is 13.0. The highest BCUT2D eigenvalue weighted by molar-refractivity contribution is 5.97. The monoisotopic (exact) mass is 366 g/mol. The summed E-state index contributed by atoms with van der Waals surface area (Å²) in [6, 6.07) is 15.1. The first-order valence-electron chi connectivity index (χ1n) is 8.50. The summed E-state index contributed by atoms with van der Waals surface area (Å²) < 4.78 is 14.4. The lowest BCUT2D eigenvalue weighted by atomic mass is 10.0. The molecular formula is C20H19FN4O2. The van der Waals surface area contributed by atoms with Crippen LogP contribution >= 0.6 is 0 Å². The van der Waals surface area contributed by atoms with Crippen LogP contribution in [-0.2, 0) is 11.2 Å². The molecule has 0 radical (unpaired) electrons. The second-order valence-electron chi connectivity index (χ2n) is 6.09. The maximum atomic E-state index is 13.0. The summed E-state index contributed by atoms with van der Waals surface area (Å²) >= 11 is 0. The number of hydrogen-bond acceptors (Lipinski definition) is 4. The van der Waals surface area contributed by atoms with Gasteiger partial charge in [0.1, 0.15) is 12.4 Å². The molecule has 1 unspecified atom stereocenters. The zero-order valence-electron chi connectivity index (χ0n) is 14.8. The minimum absolute atomic E-state index is 0.214. The van der Waals surface area contributed by atoms with Crippen molar-refractivity contribution < 1.29 is 14.0 Å². The van der Waals surface area contributed by atoms with Gasteiger partial charge in [0, 0.05) is 6.20 Å². The van der Waals surface area contributed by atoms with E-state index in [0.29, 0.717) is 11.5 Å². The number of halogens is 1. The van der Waals surface area contributed by atoms with Crippen molar-refractivity contribution in [2.24, 2.45) is 0 Å². The van der Waals surface area contributed by atoms with E-state index < -0.39 is 24.4 Å². The lowest BCUT2D eigenvalue weighted by Crippen LogP contribution is -2.43. The molecule has 1 aromatic carbocycles. The quantitative estimate of drug-likeness (QED) is 0.697. The van der Waals surface area contributed by atoms with Crippen molar-refractivity contribution in [3.8, 4) is 5.82 Å². The number of nitrogens with zero attached hydrogens (tertiary/aromatic N) is 3. The molecule has 1 N–H and O–H groups in total. The van der Waals surface area contributed by atoms with Crippen molar-refractivity contribution >= 4 is 11.7 Å². The van der Waals surface area contributed by atoms with Crippen molar-refractivity contribution in [2.45, 2.75) is 19.4 Å². The van der Waals surface area contributed by atoms with E-state index in [1.807, 2.05) is 30.3 Å². The molecular weight excluding hydrogens is 347 g/mol. The second kappa shape index (κ2) is 8.35. The van der Waals surface area contributed by atoms with Gasteiger partial charge in [-0.2, -0.15) is 5.10 Å². The molecule has 7 heteroatoms. The average Bonchev–Trinajstić information content (AvgIpc) is 3.10. The summed E-state index contributed by atoms with van der Waals surface area (Å²) in [7, 11) is 0. The molecule has 0 saturated heterocycles. The minimum atomic E-state index is -1.14. The Morgan fingerprint density at radius 2 is 1.89 bits per heavy atom. The van der Waals surface area contributed by atoms with Gasteiger partial charge in [-0.15, -0.1) is 0 Å². The summed E-state index contributed by atoms with van der Waals surface area (Å²) in [5, 5.41) is 6.93. The van der Waals surface area contributed by atoms with Crippen molar-refractivity contribution in [3.05, 3.63) is 77.7 Å². The highest BCUT2D eigenvalue weighted by Crippen LogP contribution is 2.12. The predicted octanol–water partition coefficient (Wildman–Crippen LogP) is 2.46. The van der Waals surface area contributed by atoms with Gasteiger partial charge in [0.2, 0.25) is 0 Å². The Bertz CT molecular complexity index is 926. The van der Waals surface area contributed by atoms with Crippen LogP contribution in [0.2, 0.25) is 0 Å². The Morgan fingerprint density at radius 1 is 1.15 bits per heavy atom. The number of rotatable bonds is 7. The second-order valence-corrected chi connectivity index (χ2v) is 6.09. The zero-order chi connectivity index (χ0) is 19.2. The number of Topliss-reactive ketones (excluding diaryl/α,β-unsaturated/α-hetero) is 1. The SMILES string of the molecule is Cc1cc(C(=O)NC(Cc2ccccc2)C(=O)CF)n(-c2ccccn2)n1. The molecule has 2 heterocycles. The number of ketones is 1. The summed E-state index contributed by atoms with van der Waals surface area (Å²) in [5.41, 5.74) is 1.69. The molecule has 0 fully saturated rings. The summed E-state index contributed by atoms with van der Waals surface area (Å²) in [6.45, 7) is 0.612.